The third-order valence-corrected chi connectivity index (χ3v) is 5.49. The maximum Gasteiger partial charge on any atom is 0.317 e. The van der Waals surface area contributed by atoms with Gasteiger partial charge in [-0.2, -0.15) is 0 Å². The molecule has 0 bridgehead atoms. The van der Waals surface area contributed by atoms with Crippen LogP contribution in [0.2, 0.25) is 0 Å². The van der Waals surface area contributed by atoms with Crippen molar-refractivity contribution in [3.05, 3.63) is 0 Å². The van der Waals surface area contributed by atoms with Crippen molar-refractivity contribution in [2.75, 3.05) is 39.9 Å². The van der Waals surface area contributed by atoms with E-state index < -0.39 is 0 Å². The van der Waals surface area contributed by atoms with Gasteiger partial charge in [0.2, 0.25) is 0 Å². The number of rotatable bonds is 6. The van der Waals surface area contributed by atoms with E-state index in [9.17, 15) is 4.79 Å². The van der Waals surface area contributed by atoms with Crippen molar-refractivity contribution in [2.45, 2.75) is 70.9 Å². The number of nitrogens with zero attached hydrogens (tertiary/aromatic N) is 2. The van der Waals surface area contributed by atoms with Gasteiger partial charge in [-0.25, -0.2) is 4.79 Å². The molecule has 1 N–H and O–H groups in total. The van der Waals surface area contributed by atoms with Crippen LogP contribution < -0.4 is 5.32 Å². The van der Waals surface area contributed by atoms with Gasteiger partial charge in [0, 0.05) is 38.8 Å². The Morgan fingerprint density at radius 1 is 1.17 bits per heavy atom. The molecule has 5 heteroatoms. The maximum absolute atomic E-state index is 12.6. The summed E-state index contributed by atoms with van der Waals surface area (Å²) < 4.78 is 5.47. The molecule has 1 heterocycles. The Bertz CT molecular complexity index is 362. The van der Waals surface area contributed by atoms with Crippen LogP contribution in [0.1, 0.15) is 58.8 Å². The van der Waals surface area contributed by atoms with Crippen LogP contribution in [-0.4, -0.2) is 67.8 Å². The Hall–Kier alpha value is -0.810. The quantitative estimate of drug-likeness (QED) is 0.756. The molecule has 5 nitrogen and oxygen atoms in total. The van der Waals surface area contributed by atoms with E-state index in [2.05, 4.69) is 24.1 Å². The molecule has 2 amide bonds. The molecule has 1 aliphatic carbocycles. The van der Waals surface area contributed by atoms with Gasteiger partial charge in [0.25, 0.3) is 0 Å². The second kappa shape index (κ2) is 10.2. The molecule has 140 valence electrons. The van der Waals surface area contributed by atoms with Crippen LogP contribution in [0.5, 0.6) is 0 Å². The first-order valence-electron chi connectivity index (χ1n) is 9.90. The molecule has 24 heavy (non-hydrogen) atoms. The van der Waals surface area contributed by atoms with E-state index in [4.69, 9.17) is 4.74 Å². The largest absolute Gasteiger partial charge is 0.379 e. The molecular formula is C19H37N3O2. The average molecular weight is 340 g/mol. The summed E-state index contributed by atoms with van der Waals surface area (Å²) in [6, 6.07) is 0.934. The van der Waals surface area contributed by atoms with Crippen molar-refractivity contribution >= 4 is 6.03 Å². The summed E-state index contributed by atoms with van der Waals surface area (Å²) in [7, 11) is 1.97. The lowest BCUT2D eigenvalue weighted by Crippen LogP contribution is -2.52. The molecule has 1 atom stereocenters. The van der Waals surface area contributed by atoms with Crippen LogP contribution in [0.4, 0.5) is 4.79 Å². The summed E-state index contributed by atoms with van der Waals surface area (Å²) in [6.45, 7) is 8.83. The Kier molecular flexibility index (Phi) is 8.33. The van der Waals surface area contributed by atoms with Crippen molar-refractivity contribution in [3.8, 4) is 0 Å². The van der Waals surface area contributed by atoms with E-state index in [1.165, 1.54) is 25.7 Å². The van der Waals surface area contributed by atoms with E-state index in [0.717, 1.165) is 52.1 Å². The molecule has 0 aromatic carbocycles. The van der Waals surface area contributed by atoms with Crippen molar-refractivity contribution < 1.29 is 9.53 Å². The minimum atomic E-state index is 0.101. The molecule has 1 unspecified atom stereocenters. The third-order valence-electron chi connectivity index (χ3n) is 5.49. The first-order chi connectivity index (χ1) is 11.6. The molecule has 0 aromatic heterocycles. The van der Waals surface area contributed by atoms with Gasteiger partial charge in [-0.3, -0.25) is 4.90 Å². The number of hydrogen-bond acceptors (Lipinski definition) is 3. The normalized spacial score (nSPS) is 22.2. The second-order valence-electron chi connectivity index (χ2n) is 7.87. The lowest BCUT2D eigenvalue weighted by Gasteiger charge is -2.36. The van der Waals surface area contributed by atoms with Crippen LogP contribution in [0.25, 0.3) is 0 Å². The smallest absolute Gasteiger partial charge is 0.317 e. The predicted molar refractivity (Wildman–Crippen MR) is 98.3 cm³/mol. The highest BCUT2D eigenvalue weighted by Gasteiger charge is 2.25. The molecule has 0 radical (unpaired) electrons. The van der Waals surface area contributed by atoms with Crippen molar-refractivity contribution in [1.82, 2.24) is 15.1 Å². The highest BCUT2D eigenvalue weighted by atomic mass is 16.5. The molecule has 1 saturated carbocycles. The summed E-state index contributed by atoms with van der Waals surface area (Å²) >= 11 is 0. The molecule has 1 aliphatic heterocycles. The predicted octanol–water partition coefficient (Wildman–Crippen LogP) is 3.10. The minimum absolute atomic E-state index is 0.101. The van der Waals surface area contributed by atoms with Crippen molar-refractivity contribution in [1.29, 1.82) is 0 Å². The fourth-order valence-corrected chi connectivity index (χ4v) is 3.99. The molecule has 2 fully saturated rings. The minimum Gasteiger partial charge on any atom is -0.379 e. The molecule has 1 saturated heterocycles. The zero-order valence-corrected chi connectivity index (χ0v) is 15.9. The second-order valence-corrected chi connectivity index (χ2v) is 7.87. The van der Waals surface area contributed by atoms with Gasteiger partial charge in [-0.15, -0.1) is 0 Å². The summed E-state index contributed by atoms with van der Waals surface area (Å²) in [5.74, 6) is 0.634. The average Bonchev–Trinajstić information content (AvgIpc) is 2.87. The number of carbonyl (C=O) groups is 1. The van der Waals surface area contributed by atoms with Gasteiger partial charge >= 0.3 is 6.03 Å². The zero-order chi connectivity index (χ0) is 17.4. The molecule has 0 aromatic rings. The number of amides is 2. The SMILES string of the molecule is CC(C)CC(CNC(=O)N(C)C1CCCCCC1)N1CCOCC1. The fourth-order valence-electron chi connectivity index (χ4n) is 3.99. The van der Waals surface area contributed by atoms with Crippen molar-refractivity contribution in [2.24, 2.45) is 5.92 Å². The number of ether oxygens (including phenoxy) is 1. The monoisotopic (exact) mass is 339 g/mol. The highest BCUT2D eigenvalue weighted by Crippen LogP contribution is 2.21. The van der Waals surface area contributed by atoms with Crippen LogP contribution in [-0.2, 0) is 4.74 Å². The Balaban J connectivity index is 1.83. The van der Waals surface area contributed by atoms with Gasteiger partial charge in [0.1, 0.15) is 0 Å². The first-order valence-corrected chi connectivity index (χ1v) is 9.90. The number of carbonyl (C=O) groups excluding carboxylic acids is 1. The highest BCUT2D eigenvalue weighted by molar-refractivity contribution is 5.74. The third kappa shape index (κ3) is 6.25. The lowest BCUT2D eigenvalue weighted by atomic mass is 10.0. The van der Waals surface area contributed by atoms with Gasteiger partial charge < -0.3 is 15.0 Å². The van der Waals surface area contributed by atoms with E-state index in [-0.39, 0.29) is 6.03 Å². The van der Waals surface area contributed by atoms with Gasteiger partial charge in [-0.1, -0.05) is 39.5 Å². The number of nitrogens with one attached hydrogen (secondary N) is 1. The zero-order valence-electron chi connectivity index (χ0n) is 15.9. The number of hydrogen-bond donors (Lipinski definition) is 1. The summed E-state index contributed by atoms with van der Waals surface area (Å²) in [5.41, 5.74) is 0. The number of morpholine rings is 1. The standard InChI is InChI=1S/C19H37N3O2/c1-16(2)14-18(22-10-12-24-13-11-22)15-20-19(23)21(3)17-8-6-4-5-7-9-17/h16-18H,4-15H2,1-3H3,(H,20,23). The summed E-state index contributed by atoms with van der Waals surface area (Å²) in [6.07, 6.45) is 8.58. The Labute approximate surface area is 148 Å². The first kappa shape index (κ1) is 19.5. The summed E-state index contributed by atoms with van der Waals surface area (Å²) in [5, 5.41) is 3.21. The Morgan fingerprint density at radius 3 is 2.38 bits per heavy atom. The molecule has 2 rings (SSSR count). The van der Waals surface area contributed by atoms with Crippen LogP contribution in [0, 0.1) is 5.92 Å². The van der Waals surface area contributed by atoms with Crippen LogP contribution in [0.3, 0.4) is 0 Å². The maximum atomic E-state index is 12.6. The number of urea groups is 1. The van der Waals surface area contributed by atoms with Gasteiger partial charge in [0.15, 0.2) is 0 Å². The molecule has 2 aliphatic rings. The van der Waals surface area contributed by atoms with E-state index in [0.29, 0.717) is 18.0 Å². The van der Waals surface area contributed by atoms with Crippen LogP contribution in [0.15, 0.2) is 0 Å². The van der Waals surface area contributed by atoms with Crippen LogP contribution >= 0.6 is 0 Å². The van der Waals surface area contributed by atoms with E-state index in [1.807, 2.05) is 11.9 Å². The van der Waals surface area contributed by atoms with Gasteiger partial charge in [-0.05, 0) is 25.2 Å². The van der Waals surface area contributed by atoms with E-state index in [1.54, 1.807) is 0 Å². The fraction of sp³-hybridized carbons (Fsp3) is 0.947. The molecule has 0 spiro atoms. The van der Waals surface area contributed by atoms with Gasteiger partial charge in [0.05, 0.1) is 13.2 Å². The Morgan fingerprint density at radius 2 is 1.79 bits per heavy atom. The lowest BCUT2D eigenvalue weighted by molar-refractivity contribution is 0.0126. The molecular weight excluding hydrogens is 302 g/mol. The summed E-state index contributed by atoms with van der Waals surface area (Å²) in [4.78, 5) is 17.0. The van der Waals surface area contributed by atoms with Crippen molar-refractivity contribution in [3.63, 3.8) is 0 Å². The van der Waals surface area contributed by atoms with E-state index >= 15 is 0 Å². The topological polar surface area (TPSA) is 44.8 Å².